The molecule has 34 heavy (non-hydrogen) atoms. The third-order valence-corrected chi connectivity index (χ3v) is 6.48. The van der Waals surface area contributed by atoms with Gasteiger partial charge in [-0.25, -0.2) is 9.69 Å². The Hall–Kier alpha value is -3.66. The Bertz CT molecular complexity index is 1440. The summed E-state index contributed by atoms with van der Waals surface area (Å²) in [4.78, 5) is 38.2. The Balaban J connectivity index is 1.61. The molecule has 0 aromatic heterocycles. The number of imide groups is 2. The summed E-state index contributed by atoms with van der Waals surface area (Å²) in [6, 6.07) is 16.7. The fourth-order valence-corrected chi connectivity index (χ4v) is 4.42. The van der Waals surface area contributed by atoms with E-state index < -0.39 is 28.0 Å². The van der Waals surface area contributed by atoms with Crippen LogP contribution in [0.3, 0.4) is 0 Å². The van der Waals surface area contributed by atoms with Crippen molar-refractivity contribution in [2.75, 3.05) is 4.90 Å². The van der Waals surface area contributed by atoms with Crippen LogP contribution in [-0.2, 0) is 19.7 Å². The number of carbonyl (C=O) groups excluding carboxylic acids is 3. The summed E-state index contributed by atoms with van der Waals surface area (Å²) in [5.41, 5.74) is 0.293. The lowest BCUT2D eigenvalue weighted by Gasteiger charge is -2.26. The van der Waals surface area contributed by atoms with E-state index in [1.807, 2.05) is 0 Å². The van der Waals surface area contributed by atoms with E-state index in [1.165, 1.54) is 48.5 Å². The Labute approximate surface area is 204 Å². The van der Waals surface area contributed by atoms with E-state index in [-0.39, 0.29) is 26.9 Å². The summed E-state index contributed by atoms with van der Waals surface area (Å²) in [6.45, 7) is 0. The number of hydrogen-bond acceptors (Lipinski definition) is 6. The van der Waals surface area contributed by atoms with Crippen molar-refractivity contribution in [3.63, 3.8) is 0 Å². The average molecular weight is 517 g/mol. The number of rotatable bonds is 5. The van der Waals surface area contributed by atoms with Gasteiger partial charge in [-0.15, -0.1) is 0 Å². The summed E-state index contributed by atoms with van der Waals surface area (Å²) in [5, 5.41) is 2.41. The third-order valence-electron chi connectivity index (χ3n) is 4.68. The van der Waals surface area contributed by atoms with Gasteiger partial charge in [0.2, 0.25) is 0 Å². The van der Waals surface area contributed by atoms with Gasteiger partial charge in [0.15, 0.2) is 5.75 Å². The maximum absolute atomic E-state index is 12.9. The quantitative estimate of drug-likeness (QED) is 0.305. The van der Waals surface area contributed by atoms with Crippen molar-refractivity contribution < 1.29 is 27.0 Å². The number of hydrogen-bond donors (Lipinski definition) is 1. The second kappa shape index (κ2) is 9.30. The number of halogens is 2. The molecule has 172 valence electrons. The van der Waals surface area contributed by atoms with Crippen LogP contribution in [0, 0.1) is 0 Å². The fourth-order valence-electron chi connectivity index (χ4n) is 3.08. The normalized spacial score (nSPS) is 15.4. The van der Waals surface area contributed by atoms with Crippen LogP contribution >= 0.6 is 23.2 Å². The highest BCUT2D eigenvalue weighted by atomic mass is 35.5. The first-order chi connectivity index (χ1) is 16.2. The maximum atomic E-state index is 12.9. The number of carbonyl (C=O) groups is 3. The molecule has 1 aliphatic rings. The predicted molar refractivity (Wildman–Crippen MR) is 126 cm³/mol. The molecule has 1 fully saturated rings. The van der Waals surface area contributed by atoms with Crippen LogP contribution in [0.25, 0.3) is 6.08 Å². The number of para-hydroxylation sites is 1. The first kappa shape index (κ1) is 23.5. The molecule has 0 bridgehead atoms. The van der Waals surface area contributed by atoms with Gasteiger partial charge in [0, 0.05) is 5.02 Å². The lowest BCUT2D eigenvalue weighted by Crippen LogP contribution is -2.54. The van der Waals surface area contributed by atoms with E-state index in [0.29, 0.717) is 10.6 Å². The molecule has 1 N–H and O–H groups in total. The number of benzene rings is 3. The van der Waals surface area contributed by atoms with Crippen molar-refractivity contribution in [1.82, 2.24) is 5.32 Å². The molecule has 11 heteroatoms. The van der Waals surface area contributed by atoms with Crippen molar-refractivity contribution >= 4 is 62.9 Å². The molecule has 3 aromatic carbocycles. The van der Waals surface area contributed by atoms with Crippen LogP contribution < -0.4 is 14.4 Å². The number of nitrogens with one attached hydrogen (secondary N) is 1. The SMILES string of the molecule is O=C1NC(=O)N(c2ccccc2)C(=O)/C1=C/c1ccc(OS(=O)(=O)c2ccc(Cl)cc2)c(Cl)c1. The second-order valence-corrected chi connectivity index (χ2v) is 9.36. The average Bonchev–Trinajstić information content (AvgIpc) is 2.79. The third kappa shape index (κ3) is 4.81. The van der Waals surface area contributed by atoms with E-state index in [0.717, 1.165) is 4.90 Å². The summed E-state index contributed by atoms with van der Waals surface area (Å²) >= 11 is 12.0. The van der Waals surface area contributed by atoms with E-state index in [4.69, 9.17) is 27.4 Å². The number of urea groups is 1. The van der Waals surface area contributed by atoms with Crippen LogP contribution in [-0.4, -0.2) is 26.3 Å². The molecule has 0 aliphatic carbocycles. The molecule has 0 atom stereocenters. The zero-order valence-corrected chi connectivity index (χ0v) is 19.4. The summed E-state index contributed by atoms with van der Waals surface area (Å²) in [7, 11) is -4.18. The van der Waals surface area contributed by atoms with E-state index in [1.54, 1.807) is 30.3 Å². The first-order valence-corrected chi connectivity index (χ1v) is 11.8. The topological polar surface area (TPSA) is 110 Å². The van der Waals surface area contributed by atoms with Gasteiger partial charge < -0.3 is 4.18 Å². The molecule has 0 radical (unpaired) electrons. The molecule has 3 aromatic rings. The van der Waals surface area contributed by atoms with Crippen LogP contribution in [0.15, 0.2) is 83.3 Å². The molecular formula is C23H14Cl2N2O6S. The van der Waals surface area contributed by atoms with Crippen molar-refractivity contribution in [2.24, 2.45) is 0 Å². The van der Waals surface area contributed by atoms with Crippen molar-refractivity contribution in [2.45, 2.75) is 4.90 Å². The zero-order valence-electron chi connectivity index (χ0n) is 17.1. The Morgan fingerprint density at radius 3 is 2.21 bits per heavy atom. The molecule has 1 aliphatic heterocycles. The molecule has 8 nitrogen and oxygen atoms in total. The van der Waals surface area contributed by atoms with Gasteiger partial charge in [0.1, 0.15) is 10.5 Å². The van der Waals surface area contributed by atoms with Gasteiger partial charge >= 0.3 is 16.1 Å². The highest BCUT2D eigenvalue weighted by molar-refractivity contribution is 7.87. The minimum atomic E-state index is -4.18. The Morgan fingerprint density at radius 1 is 0.882 bits per heavy atom. The molecule has 1 saturated heterocycles. The number of barbiturate groups is 1. The largest absolute Gasteiger partial charge is 0.377 e. The second-order valence-electron chi connectivity index (χ2n) is 6.97. The van der Waals surface area contributed by atoms with Crippen molar-refractivity contribution in [3.05, 3.63) is 94.0 Å². The highest BCUT2D eigenvalue weighted by Crippen LogP contribution is 2.30. The van der Waals surface area contributed by atoms with Crippen LogP contribution in [0.2, 0.25) is 10.0 Å². The molecule has 0 spiro atoms. The van der Waals surface area contributed by atoms with E-state index in [2.05, 4.69) is 5.32 Å². The number of anilines is 1. The Morgan fingerprint density at radius 2 is 1.56 bits per heavy atom. The smallest absolute Gasteiger partial charge is 0.339 e. The van der Waals surface area contributed by atoms with Crippen LogP contribution in [0.5, 0.6) is 5.75 Å². The first-order valence-electron chi connectivity index (χ1n) is 9.62. The fraction of sp³-hybridized carbons (Fsp3) is 0. The van der Waals surface area contributed by atoms with E-state index >= 15 is 0 Å². The minimum absolute atomic E-state index is 0.0773. The molecular weight excluding hydrogens is 503 g/mol. The molecule has 4 amide bonds. The molecule has 1 heterocycles. The van der Waals surface area contributed by atoms with Crippen LogP contribution in [0.1, 0.15) is 5.56 Å². The van der Waals surface area contributed by atoms with Gasteiger partial charge in [0.25, 0.3) is 11.8 Å². The van der Waals surface area contributed by atoms with Crippen LogP contribution in [0.4, 0.5) is 10.5 Å². The van der Waals surface area contributed by atoms with Gasteiger partial charge in [-0.3, -0.25) is 14.9 Å². The Kier molecular flexibility index (Phi) is 6.43. The van der Waals surface area contributed by atoms with Crippen molar-refractivity contribution in [3.8, 4) is 5.75 Å². The lowest BCUT2D eigenvalue weighted by molar-refractivity contribution is -0.122. The van der Waals surface area contributed by atoms with Gasteiger partial charge in [0.05, 0.1) is 10.7 Å². The molecule has 4 rings (SSSR count). The van der Waals surface area contributed by atoms with E-state index in [9.17, 15) is 22.8 Å². The summed E-state index contributed by atoms with van der Waals surface area (Å²) < 4.78 is 30.1. The standard InChI is InChI=1S/C23H14Cl2N2O6S/c24-15-7-9-17(10-8-15)34(31,32)33-20-11-6-14(13-19(20)25)12-18-21(28)26-23(30)27(22(18)29)16-4-2-1-3-5-16/h1-13H,(H,26,28,30)/b18-12+. The maximum Gasteiger partial charge on any atom is 0.339 e. The summed E-state index contributed by atoms with van der Waals surface area (Å²) in [5.74, 6) is -1.84. The highest BCUT2D eigenvalue weighted by Gasteiger charge is 2.36. The molecule has 0 saturated carbocycles. The number of nitrogens with zero attached hydrogens (tertiary/aromatic N) is 1. The van der Waals surface area contributed by atoms with Gasteiger partial charge in [-0.05, 0) is 60.2 Å². The predicted octanol–water partition coefficient (Wildman–Crippen LogP) is 4.43. The number of amides is 4. The van der Waals surface area contributed by atoms with Gasteiger partial charge in [-0.2, -0.15) is 8.42 Å². The van der Waals surface area contributed by atoms with Crippen molar-refractivity contribution in [1.29, 1.82) is 0 Å². The minimum Gasteiger partial charge on any atom is -0.377 e. The lowest BCUT2D eigenvalue weighted by atomic mass is 10.1. The summed E-state index contributed by atoms with van der Waals surface area (Å²) in [6.07, 6.45) is 1.24. The monoisotopic (exact) mass is 516 g/mol. The molecule has 0 unspecified atom stereocenters. The van der Waals surface area contributed by atoms with Gasteiger partial charge in [-0.1, -0.05) is 47.5 Å². The zero-order chi connectivity index (χ0) is 24.5.